The number of nitrogens with zero attached hydrogens (tertiary/aromatic N) is 3. The molecule has 0 N–H and O–H groups in total. The average molecular weight is 433 g/mol. The number of alkyl halides is 4. The van der Waals surface area contributed by atoms with Crippen LogP contribution in [0.4, 0.5) is 17.6 Å². The van der Waals surface area contributed by atoms with Crippen LogP contribution in [-0.2, 0) is 33.4 Å². The van der Waals surface area contributed by atoms with Crippen LogP contribution in [0.15, 0.2) is 5.11 Å². The first-order valence-corrected chi connectivity index (χ1v) is 9.34. The maximum absolute atomic E-state index is 15.2. The third kappa shape index (κ3) is 3.06. The van der Waals surface area contributed by atoms with Crippen LogP contribution in [0, 0.1) is 11.8 Å². The minimum Gasteiger partial charge on any atom is -0.465 e. The van der Waals surface area contributed by atoms with Crippen molar-refractivity contribution >= 4 is 22.1 Å². The predicted octanol–water partition coefficient (Wildman–Crippen LogP) is 1.75. The molecule has 0 aromatic carbocycles. The van der Waals surface area contributed by atoms with E-state index in [0.717, 1.165) is 0 Å². The molecule has 1 unspecified atom stereocenters. The van der Waals surface area contributed by atoms with Crippen LogP contribution in [0.3, 0.4) is 0 Å². The number of hydrogen-bond acceptors (Lipinski definition) is 8. The number of fused-ring (bicyclic) bond motifs is 1. The monoisotopic (exact) mass is 433 g/mol. The zero-order chi connectivity index (χ0) is 21.5. The summed E-state index contributed by atoms with van der Waals surface area (Å²) in [6, 6.07) is 0. The molecule has 10 nitrogen and oxygen atoms in total. The van der Waals surface area contributed by atoms with Crippen molar-refractivity contribution in [2.45, 2.75) is 43.1 Å². The molecule has 0 heterocycles. The van der Waals surface area contributed by atoms with Crippen molar-refractivity contribution in [3.05, 3.63) is 10.4 Å². The SMILES string of the molecule is CCOC(=O)C1(N=[N+]=[N-])[C@@H](OS(=O)(=O)C(F)(F)F)C[C@@H]2[C@H]1[C@@]2(F)C(=O)OCC. The summed E-state index contributed by atoms with van der Waals surface area (Å²) in [5, 5.41) is 3.08. The lowest BCUT2D eigenvalue weighted by Crippen LogP contribution is -2.54. The third-order valence-corrected chi connectivity index (χ3v) is 5.70. The minimum atomic E-state index is -6.22. The minimum absolute atomic E-state index is 0.236. The fraction of sp³-hybridized carbons (Fsp3) is 0.846. The van der Waals surface area contributed by atoms with Gasteiger partial charge in [-0.3, -0.25) is 8.98 Å². The van der Waals surface area contributed by atoms with Gasteiger partial charge in [-0.15, -0.1) is 0 Å². The second-order valence-electron chi connectivity index (χ2n) is 6.03. The molecular formula is C13H15F4N3O7S. The van der Waals surface area contributed by atoms with Crippen molar-refractivity contribution in [2.75, 3.05) is 13.2 Å². The summed E-state index contributed by atoms with van der Waals surface area (Å²) in [6.07, 6.45) is -3.05. The highest BCUT2D eigenvalue weighted by molar-refractivity contribution is 7.87. The Morgan fingerprint density at radius 1 is 1.21 bits per heavy atom. The van der Waals surface area contributed by atoms with Gasteiger partial charge in [-0.2, -0.15) is 21.6 Å². The molecule has 2 saturated carbocycles. The summed E-state index contributed by atoms with van der Waals surface area (Å²) in [5.74, 6) is -6.19. The standard InChI is InChI=1S/C13H15F4N3O7S/c1-3-25-9(21)11(14)6-5-7(27-28(23,24)13(15,16)17)12(8(6)11,19-20-18)10(22)26-4-2/h6-8H,3-5H2,1-2H3/t6-,7+,8+,11-,12?/m1/s1. The zero-order valence-electron chi connectivity index (χ0n) is 14.5. The number of carbonyl (C=O) groups excluding carboxylic acids is 2. The second-order valence-corrected chi connectivity index (χ2v) is 7.59. The van der Waals surface area contributed by atoms with E-state index in [1.807, 2.05) is 0 Å². The Kier molecular flexibility index (Phi) is 5.58. The van der Waals surface area contributed by atoms with Crippen molar-refractivity contribution in [1.82, 2.24) is 0 Å². The largest absolute Gasteiger partial charge is 0.523 e. The quantitative estimate of drug-likeness (QED) is 0.113. The maximum Gasteiger partial charge on any atom is 0.523 e. The molecule has 0 radical (unpaired) electrons. The van der Waals surface area contributed by atoms with E-state index < -0.39 is 63.1 Å². The van der Waals surface area contributed by atoms with Crippen molar-refractivity contribution in [2.24, 2.45) is 17.0 Å². The maximum atomic E-state index is 15.2. The Morgan fingerprint density at radius 2 is 1.75 bits per heavy atom. The predicted molar refractivity (Wildman–Crippen MR) is 80.4 cm³/mol. The third-order valence-electron chi connectivity index (χ3n) is 4.65. The summed E-state index contributed by atoms with van der Waals surface area (Å²) in [4.78, 5) is 26.7. The summed E-state index contributed by atoms with van der Waals surface area (Å²) in [7, 11) is -6.22. The Bertz CT molecular complexity index is 828. The topological polar surface area (TPSA) is 145 Å². The van der Waals surface area contributed by atoms with E-state index in [2.05, 4.69) is 23.7 Å². The van der Waals surface area contributed by atoms with E-state index in [-0.39, 0.29) is 13.2 Å². The number of esters is 2. The number of rotatable bonds is 7. The molecule has 0 spiro atoms. The zero-order valence-corrected chi connectivity index (χ0v) is 15.3. The molecule has 0 aromatic heterocycles. The molecule has 0 saturated heterocycles. The molecule has 0 bridgehead atoms. The number of halogens is 4. The fourth-order valence-corrected chi connectivity index (χ4v) is 4.20. The average Bonchev–Trinajstić information content (AvgIpc) is 3.02. The van der Waals surface area contributed by atoms with E-state index in [1.165, 1.54) is 13.8 Å². The highest BCUT2D eigenvalue weighted by Gasteiger charge is 2.87. The van der Waals surface area contributed by atoms with Crippen LogP contribution in [0.2, 0.25) is 0 Å². The highest BCUT2D eigenvalue weighted by Crippen LogP contribution is 2.70. The lowest BCUT2D eigenvalue weighted by atomic mass is 9.87. The van der Waals surface area contributed by atoms with E-state index in [0.29, 0.717) is 0 Å². The molecule has 2 aliphatic carbocycles. The van der Waals surface area contributed by atoms with Gasteiger partial charge < -0.3 is 9.47 Å². The van der Waals surface area contributed by atoms with Gasteiger partial charge in [-0.05, 0) is 25.8 Å². The Morgan fingerprint density at radius 3 is 2.21 bits per heavy atom. The van der Waals surface area contributed by atoms with E-state index in [4.69, 9.17) is 5.53 Å². The van der Waals surface area contributed by atoms with Gasteiger partial charge in [0.15, 0.2) is 5.54 Å². The van der Waals surface area contributed by atoms with E-state index in [1.54, 1.807) is 0 Å². The number of hydrogen-bond donors (Lipinski definition) is 0. The number of ether oxygens (including phenoxy) is 2. The van der Waals surface area contributed by atoms with Crippen LogP contribution in [0.25, 0.3) is 10.4 Å². The molecule has 2 fully saturated rings. The van der Waals surface area contributed by atoms with Crippen LogP contribution < -0.4 is 0 Å². The Balaban J connectivity index is 2.53. The van der Waals surface area contributed by atoms with Crippen LogP contribution >= 0.6 is 0 Å². The van der Waals surface area contributed by atoms with Gasteiger partial charge in [0.2, 0.25) is 5.67 Å². The molecule has 0 aromatic rings. The molecule has 0 aliphatic heterocycles. The van der Waals surface area contributed by atoms with Crippen LogP contribution in [-0.4, -0.2) is 56.4 Å². The van der Waals surface area contributed by atoms with Gasteiger partial charge in [0.1, 0.15) is 6.10 Å². The van der Waals surface area contributed by atoms with Crippen molar-refractivity contribution in [3.8, 4) is 0 Å². The van der Waals surface area contributed by atoms with Crippen molar-refractivity contribution < 1.29 is 49.2 Å². The number of carbonyl (C=O) groups is 2. The van der Waals surface area contributed by atoms with Gasteiger partial charge in [-0.1, -0.05) is 5.11 Å². The van der Waals surface area contributed by atoms with Gasteiger partial charge in [-0.25, -0.2) is 9.18 Å². The smallest absolute Gasteiger partial charge is 0.465 e. The molecule has 5 atom stereocenters. The molecule has 2 rings (SSSR count). The fourth-order valence-electron chi connectivity index (χ4n) is 3.56. The normalized spacial score (nSPS) is 34.1. The van der Waals surface area contributed by atoms with Crippen molar-refractivity contribution in [3.63, 3.8) is 0 Å². The van der Waals surface area contributed by atoms with Crippen LogP contribution in [0.1, 0.15) is 20.3 Å². The lowest BCUT2D eigenvalue weighted by molar-refractivity contribution is -0.159. The van der Waals surface area contributed by atoms with E-state index in [9.17, 15) is 31.2 Å². The van der Waals surface area contributed by atoms with Gasteiger partial charge >= 0.3 is 27.6 Å². The summed E-state index contributed by atoms with van der Waals surface area (Å²) < 4.78 is 89.3. The van der Waals surface area contributed by atoms with E-state index >= 15 is 4.39 Å². The molecular weight excluding hydrogens is 418 g/mol. The highest BCUT2D eigenvalue weighted by atomic mass is 32.2. The summed E-state index contributed by atoms with van der Waals surface area (Å²) >= 11 is 0. The summed E-state index contributed by atoms with van der Waals surface area (Å²) in [6.45, 7) is 2.08. The lowest BCUT2D eigenvalue weighted by Gasteiger charge is -2.32. The molecule has 158 valence electrons. The first-order valence-electron chi connectivity index (χ1n) is 7.93. The van der Waals surface area contributed by atoms with Crippen molar-refractivity contribution in [1.29, 1.82) is 0 Å². The first kappa shape index (κ1) is 22.2. The van der Waals surface area contributed by atoms with Gasteiger partial charge in [0.05, 0.1) is 13.2 Å². The van der Waals surface area contributed by atoms with Crippen LogP contribution in [0.5, 0.6) is 0 Å². The molecule has 28 heavy (non-hydrogen) atoms. The molecule has 15 heteroatoms. The first-order chi connectivity index (χ1) is 12.8. The van der Waals surface area contributed by atoms with Gasteiger partial charge in [0.25, 0.3) is 0 Å². The Labute approximate surface area is 155 Å². The molecule has 2 aliphatic rings. The Hall–Kier alpha value is -2.12. The second kappa shape index (κ2) is 7.04. The van der Waals surface area contributed by atoms with Gasteiger partial charge in [0, 0.05) is 16.7 Å². The molecule has 0 amide bonds. The number of azide groups is 1. The summed E-state index contributed by atoms with van der Waals surface area (Å²) in [5.41, 5.74) is -2.72.